The zero-order valence-electron chi connectivity index (χ0n) is 14.8. The first-order valence-electron chi connectivity index (χ1n) is 8.73. The van der Waals surface area contributed by atoms with Gasteiger partial charge in [0.2, 0.25) is 0 Å². The van der Waals surface area contributed by atoms with Gasteiger partial charge >= 0.3 is 0 Å². The molecule has 0 aliphatic carbocycles. The van der Waals surface area contributed by atoms with Gasteiger partial charge < -0.3 is 19.9 Å². The molecule has 0 spiro atoms. The van der Waals surface area contributed by atoms with Crippen LogP contribution in [0.3, 0.4) is 0 Å². The van der Waals surface area contributed by atoms with Gasteiger partial charge in [0.05, 0.1) is 56.2 Å². The van der Waals surface area contributed by atoms with Gasteiger partial charge in [0.1, 0.15) is 5.75 Å². The highest BCUT2D eigenvalue weighted by molar-refractivity contribution is 7.91. The molecule has 0 unspecified atom stereocenters. The molecule has 26 heavy (non-hydrogen) atoms. The molecule has 3 rings (SSSR count). The second-order valence-electron chi connectivity index (χ2n) is 6.88. The number of ether oxygens (including phenoxy) is 1. The standard InChI is InChI=1S/C17H24ClN3O4S/c1-25-14-4-2-3-13(9-14)21-7-5-20(6-8-21)10-17(22)19-16-12-26(23,24)11-15(16)18/h2-4,9,15-16H,5-8,10-12H2,1H3,(H,19,22)/p+1/t15-,16-/m0/s1. The summed E-state index contributed by atoms with van der Waals surface area (Å²) in [5.41, 5.74) is 1.12. The van der Waals surface area contributed by atoms with E-state index >= 15 is 0 Å². The number of amides is 1. The summed E-state index contributed by atoms with van der Waals surface area (Å²) in [4.78, 5) is 15.7. The SMILES string of the molecule is COc1cccc(N2CC[NH+](CC(=O)N[C@H]3CS(=O)(=O)C[C@@H]3Cl)CC2)c1. The van der Waals surface area contributed by atoms with Gasteiger partial charge in [-0.2, -0.15) is 0 Å². The van der Waals surface area contributed by atoms with Crippen molar-refractivity contribution < 1.29 is 22.8 Å². The molecule has 2 aliphatic heterocycles. The maximum absolute atomic E-state index is 12.2. The lowest BCUT2D eigenvalue weighted by Gasteiger charge is -2.33. The summed E-state index contributed by atoms with van der Waals surface area (Å²) in [7, 11) is -1.48. The minimum absolute atomic E-state index is 0.0636. The lowest BCUT2D eigenvalue weighted by molar-refractivity contribution is -0.892. The number of quaternary nitrogens is 1. The van der Waals surface area contributed by atoms with Crippen molar-refractivity contribution in [2.24, 2.45) is 0 Å². The van der Waals surface area contributed by atoms with E-state index in [1.54, 1.807) is 7.11 Å². The molecule has 0 aromatic heterocycles. The van der Waals surface area contributed by atoms with E-state index in [2.05, 4.69) is 16.3 Å². The Labute approximate surface area is 159 Å². The number of alkyl halides is 1. The molecule has 0 saturated carbocycles. The van der Waals surface area contributed by atoms with Gasteiger partial charge in [-0.15, -0.1) is 11.6 Å². The van der Waals surface area contributed by atoms with Crippen molar-refractivity contribution in [1.29, 1.82) is 0 Å². The molecule has 0 radical (unpaired) electrons. The van der Waals surface area contributed by atoms with Crippen LogP contribution in [0.15, 0.2) is 24.3 Å². The quantitative estimate of drug-likeness (QED) is 0.612. The monoisotopic (exact) mass is 402 g/mol. The molecule has 7 nitrogen and oxygen atoms in total. The van der Waals surface area contributed by atoms with Crippen LogP contribution in [0.2, 0.25) is 0 Å². The molecule has 144 valence electrons. The van der Waals surface area contributed by atoms with Gasteiger partial charge in [0, 0.05) is 11.8 Å². The third-order valence-electron chi connectivity index (χ3n) is 4.93. The second kappa shape index (κ2) is 8.02. The van der Waals surface area contributed by atoms with Crippen molar-refractivity contribution >= 4 is 33.0 Å². The molecule has 2 atom stereocenters. The molecule has 1 amide bonds. The number of carbonyl (C=O) groups is 1. The Morgan fingerprint density at radius 3 is 2.69 bits per heavy atom. The number of nitrogens with one attached hydrogen (secondary N) is 2. The normalized spacial score (nSPS) is 25.8. The summed E-state index contributed by atoms with van der Waals surface area (Å²) >= 11 is 6.04. The van der Waals surface area contributed by atoms with Crippen LogP contribution >= 0.6 is 11.6 Å². The Balaban J connectivity index is 1.47. The van der Waals surface area contributed by atoms with Crippen LogP contribution in [-0.2, 0) is 14.6 Å². The summed E-state index contributed by atoms with van der Waals surface area (Å²) in [6, 6.07) is 7.48. The lowest BCUT2D eigenvalue weighted by Crippen LogP contribution is -3.16. The number of sulfone groups is 1. The van der Waals surface area contributed by atoms with E-state index in [1.165, 1.54) is 4.90 Å². The van der Waals surface area contributed by atoms with Gasteiger partial charge in [-0.3, -0.25) is 4.79 Å². The average molecular weight is 403 g/mol. The predicted octanol–water partition coefficient (Wildman–Crippen LogP) is -1.08. The third-order valence-corrected chi connectivity index (χ3v) is 7.30. The van der Waals surface area contributed by atoms with Crippen LogP contribution in [0.25, 0.3) is 0 Å². The van der Waals surface area contributed by atoms with E-state index in [9.17, 15) is 13.2 Å². The largest absolute Gasteiger partial charge is 0.497 e. The highest BCUT2D eigenvalue weighted by atomic mass is 35.5. The van der Waals surface area contributed by atoms with Gasteiger partial charge in [0.15, 0.2) is 16.4 Å². The topological polar surface area (TPSA) is 80.2 Å². The smallest absolute Gasteiger partial charge is 0.275 e. The average Bonchev–Trinajstić information content (AvgIpc) is 2.87. The molecule has 1 aromatic rings. The van der Waals surface area contributed by atoms with Crippen molar-refractivity contribution in [2.75, 3.05) is 56.2 Å². The third kappa shape index (κ3) is 4.81. The summed E-state index contributed by atoms with van der Waals surface area (Å²) in [6.45, 7) is 3.74. The number of rotatable bonds is 5. The molecule has 2 fully saturated rings. The molecule has 0 bridgehead atoms. The predicted molar refractivity (Wildman–Crippen MR) is 101 cm³/mol. The van der Waals surface area contributed by atoms with E-state index < -0.39 is 21.3 Å². The molecular formula is C17H25ClN3O4S+. The molecule has 2 heterocycles. The van der Waals surface area contributed by atoms with E-state index in [0.29, 0.717) is 6.54 Å². The number of hydrogen-bond acceptors (Lipinski definition) is 5. The zero-order valence-corrected chi connectivity index (χ0v) is 16.4. The van der Waals surface area contributed by atoms with Crippen LogP contribution in [0.1, 0.15) is 0 Å². The number of halogens is 1. The Kier molecular flexibility index (Phi) is 5.94. The zero-order chi connectivity index (χ0) is 18.7. The maximum atomic E-state index is 12.2. The molecule has 2 saturated heterocycles. The number of hydrogen-bond donors (Lipinski definition) is 2. The highest BCUT2D eigenvalue weighted by Crippen LogP contribution is 2.20. The number of anilines is 1. The number of carbonyl (C=O) groups excluding carboxylic acids is 1. The molecule has 2 aliphatic rings. The van der Waals surface area contributed by atoms with Crippen LogP contribution in [0.5, 0.6) is 5.75 Å². The van der Waals surface area contributed by atoms with Crippen molar-refractivity contribution in [3.63, 3.8) is 0 Å². The van der Waals surface area contributed by atoms with Crippen molar-refractivity contribution in [2.45, 2.75) is 11.4 Å². The van der Waals surface area contributed by atoms with E-state index in [1.807, 2.05) is 18.2 Å². The number of methoxy groups -OCH3 is 1. The van der Waals surface area contributed by atoms with Crippen molar-refractivity contribution in [3.8, 4) is 5.75 Å². The first kappa shape index (κ1) is 19.3. The first-order chi connectivity index (χ1) is 12.4. The molecular weight excluding hydrogens is 378 g/mol. The Hall–Kier alpha value is -1.51. The fourth-order valence-electron chi connectivity index (χ4n) is 3.49. The van der Waals surface area contributed by atoms with E-state index in [-0.39, 0.29) is 17.4 Å². The van der Waals surface area contributed by atoms with Crippen LogP contribution < -0.4 is 19.9 Å². The Morgan fingerprint density at radius 1 is 1.35 bits per heavy atom. The summed E-state index contributed by atoms with van der Waals surface area (Å²) in [6.07, 6.45) is 0. The van der Waals surface area contributed by atoms with Crippen LogP contribution in [0.4, 0.5) is 5.69 Å². The number of nitrogens with zero attached hydrogens (tertiary/aromatic N) is 1. The lowest BCUT2D eigenvalue weighted by atomic mass is 10.2. The fraction of sp³-hybridized carbons (Fsp3) is 0.588. The second-order valence-corrected chi connectivity index (χ2v) is 9.60. The maximum Gasteiger partial charge on any atom is 0.275 e. The summed E-state index contributed by atoms with van der Waals surface area (Å²) in [5.74, 6) is 0.568. The van der Waals surface area contributed by atoms with Crippen LogP contribution in [-0.4, -0.2) is 77.1 Å². The minimum Gasteiger partial charge on any atom is -0.497 e. The molecule has 1 aromatic carbocycles. The number of piperazine rings is 1. The Bertz CT molecular complexity index is 750. The van der Waals surface area contributed by atoms with Crippen molar-refractivity contribution in [1.82, 2.24) is 5.32 Å². The van der Waals surface area contributed by atoms with Gasteiger partial charge in [0.25, 0.3) is 5.91 Å². The van der Waals surface area contributed by atoms with Gasteiger partial charge in [-0.1, -0.05) is 6.07 Å². The van der Waals surface area contributed by atoms with Crippen LogP contribution in [0, 0.1) is 0 Å². The number of benzene rings is 1. The fourth-order valence-corrected chi connectivity index (χ4v) is 6.04. The highest BCUT2D eigenvalue weighted by Gasteiger charge is 2.37. The van der Waals surface area contributed by atoms with Gasteiger partial charge in [-0.25, -0.2) is 8.42 Å². The summed E-state index contributed by atoms with van der Waals surface area (Å²) in [5, 5.41) is 2.25. The first-order valence-corrected chi connectivity index (χ1v) is 11.0. The minimum atomic E-state index is -3.14. The summed E-state index contributed by atoms with van der Waals surface area (Å²) < 4.78 is 28.4. The van der Waals surface area contributed by atoms with Crippen molar-refractivity contribution in [3.05, 3.63) is 24.3 Å². The van der Waals surface area contributed by atoms with Gasteiger partial charge in [-0.05, 0) is 12.1 Å². The molecule has 9 heteroatoms. The van der Waals surface area contributed by atoms with E-state index in [0.717, 1.165) is 37.6 Å². The van der Waals surface area contributed by atoms with E-state index in [4.69, 9.17) is 16.3 Å². The Morgan fingerprint density at radius 2 is 2.08 bits per heavy atom. The molecule has 2 N–H and O–H groups in total.